The van der Waals surface area contributed by atoms with Crippen LogP contribution in [0.15, 0.2) is 46.2 Å². The molecule has 13 heteroatoms. The minimum absolute atomic E-state index is 0.0666. The largest absolute Gasteiger partial charge is 0.294 e. The SMILES string of the molecule is CCC(CC)c1cc(C)nc2c(-c3sc(-c4ncnn4C)nc3Br)c(C)nn12.Cc1ccc(S(=O)(=O)O)cc1. The van der Waals surface area contributed by atoms with Crippen LogP contribution in [0.2, 0.25) is 0 Å². The number of aryl methyl sites for hydroxylation is 4. The molecule has 0 radical (unpaired) electrons. The fourth-order valence-corrected chi connectivity index (χ4v) is 6.58. The van der Waals surface area contributed by atoms with Gasteiger partial charge in [0.25, 0.3) is 10.1 Å². The minimum Gasteiger partial charge on any atom is -0.282 e. The van der Waals surface area contributed by atoms with Gasteiger partial charge in [0.2, 0.25) is 0 Å². The topological polar surface area (TPSA) is 128 Å². The van der Waals surface area contributed by atoms with Gasteiger partial charge in [-0.15, -0.1) is 11.3 Å². The lowest BCUT2D eigenvalue weighted by Crippen LogP contribution is -2.07. The first-order valence-electron chi connectivity index (χ1n) is 12.4. The molecule has 0 atom stereocenters. The van der Waals surface area contributed by atoms with Gasteiger partial charge in [0.1, 0.15) is 10.9 Å². The molecule has 0 saturated carbocycles. The van der Waals surface area contributed by atoms with Gasteiger partial charge in [-0.1, -0.05) is 31.5 Å². The van der Waals surface area contributed by atoms with Crippen LogP contribution in [-0.4, -0.2) is 47.3 Å². The number of halogens is 1. The zero-order valence-corrected chi connectivity index (χ0v) is 25.8. The van der Waals surface area contributed by atoms with Crippen molar-refractivity contribution in [2.24, 2.45) is 7.05 Å². The summed E-state index contributed by atoms with van der Waals surface area (Å²) in [6.45, 7) is 10.4. The Morgan fingerprint density at radius 2 is 1.74 bits per heavy atom. The molecule has 0 bridgehead atoms. The van der Waals surface area contributed by atoms with E-state index in [2.05, 4.69) is 50.9 Å². The van der Waals surface area contributed by atoms with Crippen molar-refractivity contribution in [3.8, 4) is 21.3 Å². The third-order valence-electron chi connectivity index (χ3n) is 6.36. The number of benzene rings is 1. The molecule has 1 aromatic carbocycles. The predicted octanol–water partition coefficient (Wildman–Crippen LogP) is 6.17. The molecular formula is C26H30BrN7O3S2. The Labute approximate surface area is 240 Å². The van der Waals surface area contributed by atoms with Crippen LogP contribution in [0.25, 0.3) is 26.9 Å². The quantitative estimate of drug-likeness (QED) is 0.220. The summed E-state index contributed by atoms with van der Waals surface area (Å²) in [5.74, 6) is 1.20. The Morgan fingerprint density at radius 3 is 2.31 bits per heavy atom. The zero-order chi connectivity index (χ0) is 28.5. The second-order valence-electron chi connectivity index (χ2n) is 9.17. The molecule has 1 N–H and O–H groups in total. The lowest BCUT2D eigenvalue weighted by atomic mass is 9.98. The molecule has 0 aliphatic carbocycles. The molecule has 206 valence electrons. The number of nitrogens with zero attached hydrogens (tertiary/aromatic N) is 7. The van der Waals surface area contributed by atoms with E-state index in [9.17, 15) is 8.42 Å². The molecule has 10 nitrogen and oxygen atoms in total. The molecule has 5 aromatic rings. The van der Waals surface area contributed by atoms with Crippen LogP contribution in [0.1, 0.15) is 55.3 Å². The van der Waals surface area contributed by atoms with Crippen molar-refractivity contribution < 1.29 is 13.0 Å². The van der Waals surface area contributed by atoms with Crippen LogP contribution in [0.4, 0.5) is 0 Å². The number of thiazole rings is 1. The second-order valence-corrected chi connectivity index (χ2v) is 12.3. The molecule has 4 heterocycles. The highest BCUT2D eigenvalue weighted by Crippen LogP contribution is 2.41. The molecule has 0 aliphatic heterocycles. The molecule has 0 aliphatic rings. The third kappa shape index (κ3) is 6.11. The van der Waals surface area contributed by atoms with Crippen molar-refractivity contribution in [3.63, 3.8) is 0 Å². The summed E-state index contributed by atoms with van der Waals surface area (Å²) >= 11 is 5.21. The zero-order valence-electron chi connectivity index (χ0n) is 22.5. The summed E-state index contributed by atoms with van der Waals surface area (Å²) in [7, 11) is -2.15. The summed E-state index contributed by atoms with van der Waals surface area (Å²) in [6.07, 6.45) is 3.69. The summed E-state index contributed by atoms with van der Waals surface area (Å²) in [5.41, 5.74) is 6.03. The molecule has 0 unspecified atom stereocenters. The van der Waals surface area contributed by atoms with Gasteiger partial charge in [-0.25, -0.2) is 24.1 Å². The Hall–Kier alpha value is -3.00. The van der Waals surface area contributed by atoms with E-state index in [-0.39, 0.29) is 4.90 Å². The fraction of sp³-hybridized carbons (Fsp3) is 0.346. The maximum Gasteiger partial charge on any atom is 0.294 e. The van der Waals surface area contributed by atoms with Gasteiger partial charge in [-0.3, -0.25) is 4.55 Å². The first-order valence-corrected chi connectivity index (χ1v) is 15.4. The van der Waals surface area contributed by atoms with Crippen molar-refractivity contribution in [2.45, 2.75) is 58.3 Å². The van der Waals surface area contributed by atoms with Gasteiger partial charge >= 0.3 is 0 Å². The van der Waals surface area contributed by atoms with Gasteiger partial charge in [-0.2, -0.15) is 18.6 Å². The van der Waals surface area contributed by atoms with Crippen molar-refractivity contribution >= 4 is 43.0 Å². The number of fused-ring (bicyclic) bond motifs is 1. The molecule has 0 fully saturated rings. The van der Waals surface area contributed by atoms with E-state index in [1.807, 2.05) is 32.3 Å². The van der Waals surface area contributed by atoms with Crippen LogP contribution in [0.3, 0.4) is 0 Å². The van der Waals surface area contributed by atoms with Crippen molar-refractivity contribution in [1.29, 1.82) is 0 Å². The smallest absolute Gasteiger partial charge is 0.282 e. The predicted molar refractivity (Wildman–Crippen MR) is 156 cm³/mol. The fourth-order valence-electron chi connectivity index (χ4n) is 4.29. The lowest BCUT2D eigenvalue weighted by molar-refractivity contribution is 0.483. The first-order chi connectivity index (χ1) is 18.4. The lowest BCUT2D eigenvalue weighted by Gasteiger charge is -2.15. The van der Waals surface area contributed by atoms with E-state index in [4.69, 9.17) is 14.6 Å². The standard InChI is InChI=1S/C19H22BrN7S.C7H8O3S/c1-6-12(7-2)13-8-10(3)23-17-14(11(4)25-27(13)17)15-16(20)24-19(28-15)18-21-9-22-26(18)5;1-6-2-4-7(5-3-6)11(8,9)10/h8-9,12H,6-7H2,1-5H3;2-5H,1H3,(H,8,9,10). The Morgan fingerprint density at radius 1 is 1.08 bits per heavy atom. The average molecular weight is 633 g/mol. The van der Waals surface area contributed by atoms with E-state index < -0.39 is 10.1 Å². The van der Waals surface area contributed by atoms with Crippen molar-refractivity contribution in [3.05, 3.63) is 63.9 Å². The van der Waals surface area contributed by atoms with E-state index in [0.717, 1.165) is 61.3 Å². The molecule has 4 aromatic heterocycles. The maximum atomic E-state index is 10.5. The minimum atomic E-state index is -4.02. The summed E-state index contributed by atoms with van der Waals surface area (Å²) in [4.78, 5) is 14.8. The van der Waals surface area contributed by atoms with E-state index >= 15 is 0 Å². The number of hydrogen-bond donors (Lipinski definition) is 1. The molecule has 5 rings (SSSR count). The molecule has 0 spiro atoms. The monoisotopic (exact) mass is 631 g/mol. The van der Waals surface area contributed by atoms with Gasteiger partial charge in [0.15, 0.2) is 16.5 Å². The number of hydrogen-bond acceptors (Lipinski definition) is 8. The molecule has 0 amide bonds. The van der Waals surface area contributed by atoms with Crippen LogP contribution >= 0.6 is 27.3 Å². The van der Waals surface area contributed by atoms with E-state index in [1.165, 1.54) is 24.2 Å². The van der Waals surface area contributed by atoms with Crippen LogP contribution in [0, 0.1) is 20.8 Å². The van der Waals surface area contributed by atoms with E-state index in [1.54, 1.807) is 28.2 Å². The molecular weight excluding hydrogens is 602 g/mol. The molecule has 0 saturated heterocycles. The van der Waals surface area contributed by atoms with Crippen LogP contribution < -0.4 is 0 Å². The van der Waals surface area contributed by atoms with Crippen LogP contribution in [-0.2, 0) is 17.2 Å². The summed E-state index contributed by atoms with van der Waals surface area (Å²) in [5, 5.41) is 9.82. The highest BCUT2D eigenvalue weighted by molar-refractivity contribution is 9.10. The normalized spacial score (nSPS) is 11.7. The average Bonchev–Trinajstić information content (AvgIpc) is 3.56. The molecule has 39 heavy (non-hydrogen) atoms. The Bertz CT molecular complexity index is 1720. The van der Waals surface area contributed by atoms with E-state index in [0.29, 0.717) is 5.92 Å². The van der Waals surface area contributed by atoms with Crippen molar-refractivity contribution in [1.82, 2.24) is 34.3 Å². The van der Waals surface area contributed by atoms with Gasteiger partial charge in [0, 0.05) is 24.4 Å². The van der Waals surface area contributed by atoms with Crippen molar-refractivity contribution in [2.75, 3.05) is 0 Å². The summed E-state index contributed by atoms with van der Waals surface area (Å²) in [6, 6.07) is 8.15. The third-order valence-corrected chi connectivity index (χ3v) is 9.13. The highest BCUT2D eigenvalue weighted by atomic mass is 79.9. The van der Waals surface area contributed by atoms with Gasteiger partial charge in [0.05, 0.1) is 21.0 Å². The Kier molecular flexibility index (Phi) is 8.64. The van der Waals surface area contributed by atoms with Gasteiger partial charge in [-0.05, 0) is 67.7 Å². The second kappa shape index (κ2) is 11.6. The summed E-state index contributed by atoms with van der Waals surface area (Å²) < 4.78 is 34.1. The first kappa shape index (κ1) is 29.0. The van der Waals surface area contributed by atoms with Crippen LogP contribution in [0.5, 0.6) is 0 Å². The number of aromatic nitrogens is 7. The highest BCUT2D eigenvalue weighted by Gasteiger charge is 2.24. The maximum absolute atomic E-state index is 10.5. The Balaban J connectivity index is 0.000000270. The number of rotatable bonds is 6. The van der Waals surface area contributed by atoms with Gasteiger partial charge < -0.3 is 0 Å².